The Balaban J connectivity index is 1.78. The molecule has 2 N–H and O–H groups in total. The number of rotatable bonds is 0. The summed E-state index contributed by atoms with van der Waals surface area (Å²) in [6.07, 6.45) is 0. The number of nitrogens with zero attached hydrogens (tertiary/aromatic N) is 2. The van der Waals surface area contributed by atoms with Gasteiger partial charge >= 0.3 is 0 Å². The third-order valence-electron chi connectivity index (χ3n) is 6.70. The second kappa shape index (κ2) is 13.4. The Bertz CT molecular complexity index is 899. The predicted molar refractivity (Wildman–Crippen MR) is 139 cm³/mol. The van der Waals surface area contributed by atoms with Crippen LogP contribution in [0.15, 0.2) is 24.3 Å². The number of fused-ring (bicyclic) bond motifs is 14. The lowest BCUT2D eigenvalue weighted by molar-refractivity contribution is 0.00610. The summed E-state index contributed by atoms with van der Waals surface area (Å²) in [5.74, 6) is 0.417. The van der Waals surface area contributed by atoms with Crippen molar-refractivity contribution in [3.63, 3.8) is 0 Å². The first-order chi connectivity index (χ1) is 17.5. The molecule has 0 unspecified atom stereocenters. The molecule has 6 bridgehead atoms. The van der Waals surface area contributed by atoms with Crippen LogP contribution in [-0.2, 0) is 32.0 Å². The maximum absolute atomic E-state index is 11.4. The maximum Gasteiger partial charge on any atom is 0.128 e. The second-order valence-corrected chi connectivity index (χ2v) is 9.64. The molecule has 0 spiro atoms. The molecule has 0 aromatic heterocycles. The standard InChI is InChI=1S/C28H40N2O6/c1-21-15-23-19-29-3-7-33-11-13-35-9-5-30(6-10-36-14-12-34-8-4-29)20-24-16-22(2)18-26(28(24)32)25(17-21)27(23)31/h15-18,31-32H,3-14,19-20H2,1-2H3. The van der Waals surface area contributed by atoms with Gasteiger partial charge in [-0.05, 0) is 37.1 Å². The zero-order valence-corrected chi connectivity index (χ0v) is 21.6. The van der Waals surface area contributed by atoms with Gasteiger partial charge in [-0.25, -0.2) is 0 Å². The van der Waals surface area contributed by atoms with Gasteiger partial charge < -0.3 is 29.2 Å². The van der Waals surface area contributed by atoms with Crippen LogP contribution in [0.1, 0.15) is 22.3 Å². The summed E-state index contributed by atoms with van der Waals surface area (Å²) in [6, 6.07) is 7.93. The van der Waals surface area contributed by atoms with E-state index in [9.17, 15) is 10.2 Å². The van der Waals surface area contributed by atoms with Crippen LogP contribution < -0.4 is 0 Å². The fraction of sp³-hybridized carbons (Fsp3) is 0.571. The van der Waals surface area contributed by atoms with E-state index in [0.29, 0.717) is 103 Å². The van der Waals surface area contributed by atoms with Crippen molar-refractivity contribution in [2.24, 2.45) is 0 Å². The molecule has 3 heterocycles. The highest BCUT2D eigenvalue weighted by molar-refractivity contribution is 5.79. The summed E-state index contributed by atoms with van der Waals surface area (Å²) in [4.78, 5) is 4.46. The fourth-order valence-corrected chi connectivity index (χ4v) is 4.80. The van der Waals surface area contributed by atoms with E-state index in [1.165, 1.54) is 0 Å². The summed E-state index contributed by atoms with van der Waals surface area (Å²) < 4.78 is 23.3. The molecule has 198 valence electrons. The first-order valence-corrected chi connectivity index (χ1v) is 12.9. The van der Waals surface area contributed by atoms with Crippen molar-refractivity contribution in [2.75, 3.05) is 79.0 Å². The predicted octanol–water partition coefficient (Wildman–Crippen LogP) is 3.08. The number of phenolic OH excluding ortho intramolecular Hbond substituents is 2. The van der Waals surface area contributed by atoms with E-state index < -0.39 is 0 Å². The minimum absolute atomic E-state index is 0.208. The number of benzene rings is 2. The monoisotopic (exact) mass is 500 g/mol. The minimum Gasteiger partial charge on any atom is -0.507 e. The lowest BCUT2D eigenvalue weighted by Gasteiger charge is -2.26. The van der Waals surface area contributed by atoms with Crippen LogP contribution in [0.25, 0.3) is 11.1 Å². The highest BCUT2D eigenvalue weighted by Gasteiger charge is 2.20. The number of ether oxygens (including phenoxy) is 4. The first kappa shape index (κ1) is 26.9. The summed E-state index contributed by atoms with van der Waals surface area (Å²) >= 11 is 0. The van der Waals surface area contributed by atoms with E-state index >= 15 is 0 Å². The van der Waals surface area contributed by atoms with Crippen LogP contribution in [-0.4, -0.2) is 99.0 Å². The third kappa shape index (κ3) is 7.41. The molecule has 2 aromatic rings. The number of phenols is 2. The maximum atomic E-state index is 11.4. The Morgan fingerprint density at radius 1 is 0.528 bits per heavy atom. The first-order valence-electron chi connectivity index (χ1n) is 12.9. The Hall–Kier alpha value is -2.20. The van der Waals surface area contributed by atoms with Crippen LogP contribution >= 0.6 is 0 Å². The quantitative estimate of drug-likeness (QED) is 0.571. The normalized spacial score (nSPS) is 23.2. The summed E-state index contributed by atoms with van der Waals surface area (Å²) in [5.41, 5.74) is 5.02. The van der Waals surface area contributed by atoms with Gasteiger partial charge in [0.25, 0.3) is 0 Å². The van der Waals surface area contributed by atoms with Gasteiger partial charge in [-0.2, -0.15) is 0 Å². The smallest absolute Gasteiger partial charge is 0.128 e. The number of hydrogen-bond donors (Lipinski definition) is 2. The molecule has 8 heteroatoms. The number of aromatic hydroxyl groups is 2. The van der Waals surface area contributed by atoms with Gasteiger partial charge in [-0.3, -0.25) is 9.80 Å². The molecule has 0 radical (unpaired) electrons. The Labute approximate surface area is 214 Å². The largest absolute Gasteiger partial charge is 0.507 e. The molecule has 0 amide bonds. The van der Waals surface area contributed by atoms with Crippen molar-refractivity contribution < 1.29 is 29.2 Å². The van der Waals surface area contributed by atoms with Gasteiger partial charge in [0.1, 0.15) is 11.5 Å². The van der Waals surface area contributed by atoms with Crippen LogP contribution in [0.3, 0.4) is 0 Å². The molecule has 0 atom stereocenters. The van der Waals surface area contributed by atoms with Crippen LogP contribution in [0.2, 0.25) is 0 Å². The van der Waals surface area contributed by atoms with Gasteiger partial charge in [0.05, 0.1) is 52.9 Å². The van der Waals surface area contributed by atoms with Gasteiger partial charge in [0.15, 0.2) is 0 Å². The average molecular weight is 501 g/mol. The number of hydrogen-bond acceptors (Lipinski definition) is 8. The summed E-state index contributed by atoms with van der Waals surface area (Å²) in [7, 11) is 0. The van der Waals surface area contributed by atoms with E-state index in [4.69, 9.17) is 18.9 Å². The van der Waals surface area contributed by atoms with Crippen molar-refractivity contribution in [3.05, 3.63) is 46.5 Å². The molecule has 8 nitrogen and oxygen atoms in total. The van der Waals surface area contributed by atoms with Crippen LogP contribution in [0, 0.1) is 13.8 Å². The van der Waals surface area contributed by atoms with Gasteiger partial charge in [0.2, 0.25) is 0 Å². The van der Waals surface area contributed by atoms with Crippen molar-refractivity contribution in [3.8, 4) is 22.6 Å². The molecule has 0 aliphatic carbocycles. The van der Waals surface area contributed by atoms with Crippen molar-refractivity contribution in [1.29, 1.82) is 0 Å². The molecule has 0 saturated carbocycles. The topological polar surface area (TPSA) is 83.9 Å². The molecule has 3 aliphatic heterocycles. The SMILES string of the molecule is Cc1cc2c(O)c(c1)-c1cc(C)cc(c1O)CN1CCOCCOCCN(CCOCCOCC1)C2. The van der Waals surface area contributed by atoms with E-state index in [2.05, 4.69) is 9.80 Å². The van der Waals surface area contributed by atoms with Crippen molar-refractivity contribution >= 4 is 0 Å². The molecule has 1 fully saturated rings. The van der Waals surface area contributed by atoms with Crippen LogP contribution in [0.4, 0.5) is 0 Å². The van der Waals surface area contributed by atoms with E-state index in [1.807, 2.05) is 38.1 Å². The Morgan fingerprint density at radius 2 is 0.861 bits per heavy atom. The fourth-order valence-electron chi connectivity index (χ4n) is 4.80. The van der Waals surface area contributed by atoms with Gasteiger partial charge in [0, 0.05) is 61.5 Å². The zero-order valence-electron chi connectivity index (χ0n) is 21.6. The van der Waals surface area contributed by atoms with Gasteiger partial charge in [-0.15, -0.1) is 0 Å². The molecule has 36 heavy (non-hydrogen) atoms. The highest BCUT2D eigenvalue weighted by Crippen LogP contribution is 2.41. The molecule has 3 aliphatic rings. The zero-order chi connectivity index (χ0) is 25.3. The minimum atomic E-state index is 0.208. The lowest BCUT2D eigenvalue weighted by atomic mass is 9.94. The summed E-state index contributed by atoms with van der Waals surface area (Å²) in [5, 5.41) is 22.8. The van der Waals surface area contributed by atoms with E-state index in [1.54, 1.807) is 0 Å². The van der Waals surface area contributed by atoms with Crippen LogP contribution in [0.5, 0.6) is 11.5 Å². The molecule has 1 saturated heterocycles. The van der Waals surface area contributed by atoms with Crippen molar-refractivity contribution in [1.82, 2.24) is 9.80 Å². The van der Waals surface area contributed by atoms with E-state index in [-0.39, 0.29) is 11.5 Å². The Kier molecular flexibility index (Phi) is 9.98. The summed E-state index contributed by atoms with van der Waals surface area (Å²) in [6.45, 7) is 12.4. The second-order valence-electron chi connectivity index (χ2n) is 9.64. The molecular formula is C28H40N2O6. The molecule has 5 rings (SSSR count). The third-order valence-corrected chi connectivity index (χ3v) is 6.70. The van der Waals surface area contributed by atoms with Crippen molar-refractivity contribution in [2.45, 2.75) is 26.9 Å². The molecule has 2 aromatic carbocycles. The number of aryl methyl sites for hydroxylation is 2. The lowest BCUT2D eigenvalue weighted by Crippen LogP contribution is -2.33. The Morgan fingerprint density at radius 3 is 1.19 bits per heavy atom. The highest BCUT2D eigenvalue weighted by atomic mass is 16.5. The van der Waals surface area contributed by atoms with Gasteiger partial charge in [-0.1, -0.05) is 12.1 Å². The molecular weight excluding hydrogens is 460 g/mol. The average Bonchev–Trinajstić information content (AvgIpc) is 2.84. The van der Waals surface area contributed by atoms with E-state index in [0.717, 1.165) is 22.3 Å².